The fraction of sp³-hybridized carbons (Fsp3) is 0.400. The molecule has 0 aliphatic heterocycles. The quantitative estimate of drug-likeness (QED) is 0.290. The number of hydrogen-bond acceptors (Lipinski definition) is 3. The van der Waals surface area contributed by atoms with Crippen LogP contribution in [-0.4, -0.2) is 24.0 Å². The number of rotatable bonds is 10. The Kier molecular flexibility index (Phi) is 12.3. The number of phosphoric ester groups is 1. The van der Waals surface area contributed by atoms with E-state index in [-0.39, 0.29) is 19.1 Å². The molecule has 26 heavy (non-hydrogen) atoms. The van der Waals surface area contributed by atoms with Crippen molar-refractivity contribution in [2.45, 2.75) is 32.6 Å². The molecule has 0 fully saturated rings. The average Bonchev–Trinajstić information content (AvgIpc) is 2.68. The molecule has 0 radical (unpaired) electrons. The summed E-state index contributed by atoms with van der Waals surface area (Å²) in [4.78, 5) is 9.05. The highest BCUT2D eigenvalue weighted by atomic mass is 35.5. The Bertz CT molecular complexity index is 585. The lowest BCUT2D eigenvalue weighted by Gasteiger charge is -2.10. The predicted molar refractivity (Wildman–Crippen MR) is 108 cm³/mol. The van der Waals surface area contributed by atoms with Crippen LogP contribution in [0.4, 0.5) is 0 Å². The van der Waals surface area contributed by atoms with Crippen molar-refractivity contribution in [3.8, 4) is 11.1 Å². The van der Waals surface area contributed by atoms with Crippen molar-refractivity contribution in [3.05, 3.63) is 60.7 Å². The van der Waals surface area contributed by atoms with Crippen LogP contribution in [0.25, 0.3) is 11.1 Å². The predicted octanol–water partition coefficient (Wildman–Crippen LogP) is 6.29. The van der Waals surface area contributed by atoms with E-state index in [0.29, 0.717) is 0 Å². The second-order valence-corrected chi connectivity index (χ2v) is 7.45. The van der Waals surface area contributed by atoms with Crippen LogP contribution in [0.15, 0.2) is 60.7 Å². The van der Waals surface area contributed by atoms with Crippen molar-refractivity contribution in [3.63, 3.8) is 0 Å². The maximum atomic E-state index is 11.1. The van der Waals surface area contributed by atoms with E-state index in [1.54, 1.807) is 0 Å². The minimum Gasteiger partial charge on any atom is -0.302 e. The highest BCUT2D eigenvalue weighted by molar-refractivity contribution is 7.47. The molecule has 2 aromatic carbocycles. The molecular weight excluding hydrogens is 371 g/mol. The average molecular weight is 399 g/mol. The molecule has 6 heteroatoms. The Labute approximate surface area is 161 Å². The van der Waals surface area contributed by atoms with Crippen LogP contribution >= 0.6 is 19.4 Å². The molecule has 0 bridgehead atoms. The normalized spacial score (nSPS) is 12.7. The van der Waals surface area contributed by atoms with E-state index in [1.165, 1.54) is 11.1 Å². The molecule has 0 aliphatic rings. The lowest BCUT2D eigenvalue weighted by atomic mass is 10.1. The SMILES string of the molecule is CCCCCCOP(=O)(O)OCCCl.c1ccc(-c2ccccc2)cc1. The van der Waals surface area contributed by atoms with E-state index >= 15 is 0 Å². The molecule has 0 saturated carbocycles. The van der Waals surface area contributed by atoms with E-state index < -0.39 is 7.82 Å². The second kappa shape index (κ2) is 14.0. The molecule has 0 heterocycles. The van der Waals surface area contributed by atoms with Crippen LogP contribution in [0.2, 0.25) is 0 Å². The summed E-state index contributed by atoms with van der Waals surface area (Å²) in [5.41, 5.74) is 2.55. The third-order valence-corrected chi connectivity index (χ3v) is 4.64. The van der Waals surface area contributed by atoms with Gasteiger partial charge in [-0.25, -0.2) is 4.57 Å². The van der Waals surface area contributed by atoms with E-state index in [9.17, 15) is 4.57 Å². The number of benzene rings is 2. The van der Waals surface area contributed by atoms with Gasteiger partial charge in [0.15, 0.2) is 0 Å². The number of phosphoric acid groups is 1. The zero-order valence-corrected chi connectivity index (χ0v) is 16.9. The van der Waals surface area contributed by atoms with Crippen molar-refractivity contribution in [2.24, 2.45) is 0 Å². The Morgan fingerprint density at radius 2 is 1.35 bits per heavy atom. The van der Waals surface area contributed by atoms with Crippen LogP contribution in [0, 0.1) is 0 Å². The monoisotopic (exact) mass is 398 g/mol. The van der Waals surface area contributed by atoms with Crippen molar-refractivity contribution in [1.29, 1.82) is 0 Å². The Morgan fingerprint density at radius 1 is 0.846 bits per heavy atom. The number of unbranched alkanes of at least 4 members (excludes halogenated alkanes) is 3. The number of halogens is 1. The number of alkyl halides is 1. The first kappa shape index (κ1) is 22.9. The highest BCUT2D eigenvalue weighted by Gasteiger charge is 2.19. The Hall–Kier alpha value is -1.16. The summed E-state index contributed by atoms with van der Waals surface area (Å²) in [7, 11) is -3.84. The third kappa shape index (κ3) is 10.7. The first-order valence-electron chi connectivity index (χ1n) is 8.87. The molecular formula is C20H28ClO4P. The van der Waals surface area contributed by atoms with Crippen LogP contribution in [-0.2, 0) is 13.6 Å². The largest absolute Gasteiger partial charge is 0.472 e. The molecule has 1 unspecified atom stereocenters. The van der Waals surface area contributed by atoms with Gasteiger partial charge in [0.1, 0.15) is 0 Å². The second-order valence-electron chi connectivity index (χ2n) is 5.62. The minimum absolute atomic E-state index is 0.0320. The molecule has 0 amide bonds. The maximum Gasteiger partial charge on any atom is 0.472 e. The van der Waals surface area contributed by atoms with E-state index in [0.717, 1.165) is 25.7 Å². The first-order valence-corrected chi connectivity index (χ1v) is 10.9. The van der Waals surface area contributed by atoms with Gasteiger partial charge in [0.05, 0.1) is 13.2 Å². The summed E-state index contributed by atoms with van der Waals surface area (Å²) in [6.07, 6.45) is 4.02. The van der Waals surface area contributed by atoms with Crippen LogP contribution in [0.5, 0.6) is 0 Å². The van der Waals surface area contributed by atoms with Gasteiger partial charge >= 0.3 is 7.82 Å². The highest BCUT2D eigenvalue weighted by Crippen LogP contribution is 2.43. The minimum atomic E-state index is -3.84. The summed E-state index contributed by atoms with van der Waals surface area (Å²) in [6.45, 7) is 2.39. The molecule has 2 rings (SSSR count). The molecule has 0 aliphatic carbocycles. The van der Waals surface area contributed by atoms with Crippen LogP contribution in [0.3, 0.4) is 0 Å². The van der Waals surface area contributed by atoms with Crippen molar-refractivity contribution in [1.82, 2.24) is 0 Å². The van der Waals surface area contributed by atoms with Crippen molar-refractivity contribution < 1.29 is 18.5 Å². The smallest absolute Gasteiger partial charge is 0.302 e. The van der Waals surface area contributed by atoms with Crippen molar-refractivity contribution in [2.75, 3.05) is 19.1 Å². The topological polar surface area (TPSA) is 55.8 Å². The van der Waals surface area contributed by atoms with Gasteiger partial charge in [0.2, 0.25) is 0 Å². The molecule has 1 N–H and O–H groups in total. The Balaban J connectivity index is 0.000000262. The van der Waals surface area contributed by atoms with Crippen LogP contribution in [0.1, 0.15) is 32.6 Å². The molecule has 0 spiro atoms. The van der Waals surface area contributed by atoms with Crippen LogP contribution < -0.4 is 0 Å². The fourth-order valence-corrected chi connectivity index (χ4v) is 3.10. The molecule has 0 saturated heterocycles. The van der Waals surface area contributed by atoms with E-state index in [1.807, 2.05) is 12.1 Å². The Morgan fingerprint density at radius 3 is 1.81 bits per heavy atom. The van der Waals surface area contributed by atoms with Gasteiger partial charge in [0.25, 0.3) is 0 Å². The molecule has 144 valence electrons. The molecule has 1 atom stereocenters. The standard InChI is InChI=1S/C12H10.C8H18ClO4P/c1-3-7-11(8-4-1)12-9-5-2-6-10-12;1-2-3-4-5-7-12-14(10,11)13-8-6-9/h1-10H;2-8H2,1H3,(H,10,11). The summed E-state index contributed by atoms with van der Waals surface area (Å²) in [5.74, 6) is 0.184. The summed E-state index contributed by atoms with van der Waals surface area (Å²) >= 11 is 5.30. The zero-order valence-electron chi connectivity index (χ0n) is 15.2. The van der Waals surface area contributed by atoms with Gasteiger partial charge in [-0.05, 0) is 17.5 Å². The maximum absolute atomic E-state index is 11.1. The third-order valence-electron chi connectivity index (χ3n) is 3.46. The summed E-state index contributed by atoms with van der Waals surface area (Å²) in [6, 6.07) is 20.8. The molecule has 2 aromatic rings. The summed E-state index contributed by atoms with van der Waals surface area (Å²) in [5, 5.41) is 0. The van der Waals surface area contributed by atoms with Gasteiger partial charge in [-0.15, -0.1) is 11.6 Å². The van der Waals surface area contributed by atoms with Gasteiger partial charge < -0.3 is 4.89 Å². The number of hydrogen-bond donors (Lipinski definition) is 1. The zero-order chi connectivity index (χ0) is 19.1. The lowest BCUT2D eigenvalue weighted by molar-refractivity contribution is 0.153. The fourth-order valence-electron chi connectivity index (χ4n) is 2.16. The molecule has 4 nitrogen and oxygen atoms in total. The van der Waals surface area contributed by atoms with Gasteiger partial charge in [0, 0.05) is 5.88 Å². The van der Waals surface area contributed by atoms with Gasteiger partial charge in [-0.1, -0.05) is 86.8 Å². The van der Waals surface area contributed by atoms with Gasteiger partial charge in [-0.3, -0.25) is 9.05 Å². The van der Waals surface area contributed by atoms with Gasteiger partial charge in [-0.2, -0.15) is 0 Å². The first-order chi connectivity index (χ1) is 12.6. The van der Waals surface area contributed by atoms with E-state index in [4.69, 9.17) is 21.0 Å². The summed E-state index contributed by atoms with van der Waals surface area (Å²) < 4.78 is 20.3. The molecule has 0 aromatic heterocycles. The van der Waals surface area contributed by atoms with Crippen molar-refractivity contribution >= 4 is 19.4 Å². The van der Waals surface area contributed by atoms with E-state index in [2.05, 4.69) is 60.0 Å². The lowest BCUT2D eigenvalue weighted by Crippen LogP contribution is -1.99.